The van der Waals surface area contributed by atoms with E-state index in [1.54, 1.807) is 18.2 Å². The highest BCUT2D eigenvalue weighted by molar-refractivity contribution is 14.1. The maximum absolute atomic E-state index is 13.1. The predicted molar refractivity (Wildman–Crippen MR) is 121 cm³/mol. The average molecular weight is 557 g/mol. The minimum Gasteiger partial charge on any atom is -0.493 e. The van der Waals surface area contributed by atoms with E-state index in [1.165, 1.54) is 38.5 Å². The summed E-state index contributed by atoms with van der Waals surface area (Å²) in [6, 6.07) is 9.00. The van der Waals surface area contributed by atoms with Gasteiger partial charge in [-0.2, -0.15) is 0 Å². The molecule has 3 rings (SSSR count). The summed E-state index contributed by atoms with van der Waals surface area (Å²) < 4.78 is 29.1. The lowest BCUT2D eigenvalue weighted by Crippen LogP contribution is -2.27. The Hall–Kier alpha value is -2.60. The van der Waals surface area contributed by atoms with Crippen molar-refractivity contribution in [3.8, 4) is 11.5 Å². The summed E-state index contributed by atoms with van der Waals surface area (Å²) in [4.78, 5) is 37.8. The van der Waals surface area contributed by atoms with E-state index >= 15 is 0 Å². The summed E-state index contributed by atoms with van der Waals surface area (Å²) >= 11 is 2.85. The molecule has 0 aliphatic carbocycles. The van der Waals surface area contributed by atoms with Crippen LogP contribution in [0.2, 0.25) is 0 Å². The zero-order valence-corrected chi connectivity index (χ0v) is 19.5. The lowest BCUT2D eigenvalue weighted by Gasteiger charge is -2.13. The number of imide groups is 1. The van der Waals surface area contributed by atoms with Crippen LogP contribution in [0, 0.1) is 9.39 Å². The van der Waals surface area contributed by atoms with Crippen molar-refractivity contribution in [2.24, 2.45) is 0 Å². The second-order valence-corrected chi connectivity index (χ2v) is 8.45. The molecule has 0 bridgehead atoms. The van der Waals surface area contributed by atoms with Gasteiger partial charge in [-0.3, -0.25) is 14.5 Å². The van der Waals surface area contributed by atoms with E-state index in [0.717, 1.165) is 16.7 Å². The SMILES string of the molecule is COC(=O)COc1c(I)cc(/C=C2\SC(=O)N(Cc3ccc(F)cc3)C2=O)cc1OC. The Labute approximate surface area is 195 Å². The number of ether oxygens (including phenoxy) is 3. The minimum atomic E-state index is -0.531. The number of amides is 2. The second-order valence-electron chi connectivity index (χ2n) is 6.29. The molecule has 10 heteroatoms. The van der Waals surface area contributed by atoms with Crippen molar-refractivity contribution in [3.63, 3.8) is 0 Å². The van der Waals surface area contributed by atoms with Crippen molar-refractivity contribution < 1.29 is 33.0 Å². The van der Waals surface area contributed by atoms with Crippen molar-refractivity contribution in [1.82, 2.24) is 4.90 Å². The van der Waals surface area contributed by atoms with Gasteiger partial charge in [0, 0.05) is 0 Å². The molecule has 0 saturated carbocycles. The Kier molecular flexibility index (Phi) is 7.55. The smallest absolute Gasteiger partial charge is 0.343 e. The molecule has 0 atom stereocenters. The number of methoxy groups -OCH3 is 2. The number of hydrogen-bond acceptors (Lipinski definition) is 7. The number of nitrogens with zero attached hydrogens (tertiary/aromatic N) is 1. The van der Waals surface area contributed by atoms with Gasteiger partial charge in [0.05, 0.1) is 29.2 Å². The van der Waals surface area contributed by atoms with Crippen LogP contribution >= 0.6 is 34.4 Å². The number of carbonyl (C=O) groups excluding carboxylic acids is 3. The van der Waals surface area contributed by atoms with E-state index in [4.69, 9.17) is 9.47 Å². The van der Waals surface area contributed by atoms with Crippen LogP contribution in [0.1, 0.15) is 11.1 Å². The van der Waals surface area contributed by atoms with Crippen LogP contribution in [-0.4, -0.2) is 42.8 Å². The van der Waals surface area contributed by atoms with Gasteiger partial charge < -0.3 is 14.2 Å². The lowest BCUT2D eigenvalue weighted by atomic mass is 10.1. The van der Waals surface area contributed by atoms with Crippen molar-refractivity contribution >= 4 is 57.5 Å². The summed E-state index contributed by atoms with van der Waals surface area (Å²) in [5, 5.41) is -0.403. The third-order valence-corrected chi connectivity index (χ3v) is 5.95. The zero-order chi connectivity index (χ0) is 22.5. The molecular weight excluding hydrogens is 540 g/mol. The van der Waals surface area contributed by atoms with Crippen LogP contribution in [0.25, 0.3) is 6.08 Å². The summed E-state index contributed by atoms with van der Waals surface area (Å²) in [5.74, 6) is -0.612. The molecule has 2 aromatic carbocycles. The summed E-state index contributed by atoms with van der Waals surface area (Å²) in [7, 11) is 2.72. The van der Waals surface area contributed by atoms with E-state index in [2.05, 4.69) is 4.74 Å². The van der Waals surface area contributed by atoms with E-state index in [-0.39, 0.29) is 23.9 Å². The number of benzene rings is 2. The van der Waals surface area contributed by atoms with E-state index in [0.29, 0.717) is 26.2 Å². The lowest BCUT2D eigenvalue weighted by molar-refractivity contribution is -0.143. The number of esters is 1. The van der Waals surface area contributed by atoms with E-state index < -0.39 is 17.1 Å². The van der Waals surface area contributed by atoms with E-state index in [9.17, 15) is 18.8 Å². The Morgan fingerprint density at radius 2 is 1.90 bits per heavy atom. The highest BCUT2D eigenvalue weighted by Crippen LogP contribution is 2.37. The first kappa shape index (κ1) is 23.1. The molecule has 162 valence electrons. The molecule has 0 N–H and O–H groups in total. The van der Waals surface area contributed by atoms with Crippen molar-refractivity contribution in [3.05, 3.63) is 61.8 Å². The zero-order valence-electron chi connectivity index (χ0n) is 16.5. The number of carbonyl (C=O) groups is 3. The molecular formula is C21H17FINO6S. The molecule has 31 heavy (non-hydrogen) atoms. The fraction of sp³-hybridized carbons (Fsp3) is 0.190. The first-order valence-electron chi connectivity index (χ1n) is 8.89. The van der Waals surface area contributed by atoms with Crippen LogP contribution < -0.4 is 9.47 Å². The molecule has 1 heterocycles. The van der Waals surface area contributed by atoms with Gasteiger partial charge in [-0.05, 0) is 75.8 Å². The number of hydrogen-bond donors (Lipinski definition) is 0. The monoisotopic (exact) mass is 557 g/mol. The molecule has 0 aromatic heterocycles. The van der Waals surface area contributed by atoms with Crippen LogP contribution in [0.3, 0.4) is 0 Å². The van der Waals surface area contributed by atoms with Crippen LogP contribution in [0.5, 0.6) is 11.5 Å². The molecule has 2 amide bonds. The van der Waals surface area contributed by atoms with Gasteiger partial charge in [-0.25, -0.2) is 9.18 Å². The maximum Gasteiger partial charge on any atom is 0.343 e. The average Bonchev–Trinajstić information content (AvgIpc) is 3.01. The molecule has 2 aromatic rings. The number of halogens is 2. The fourth-order valence-electron chi connectivity index (χ4n) is 2.71. The number of rotatable bonds is 7. The van der Waals surface area contributed by atoms with Gasteiger partial charge in [-0.15, -0.1) is 0 Å². The van der Waals surface area contributed by atoms with Gasteiger partial charge in [-0.1, -0.05) is 12.1 Å². The van der Waals surface area contributed by atoms with E-state index in [1.807, 2.05) is 22.6 Å². The third kappa shape index (κ3) is 5.56. The first-order chi connectivity index (χ1) is 14.8. The first-order valence-corrected chi connectivity index (χ1v) is 10.8. The molecule has 1 saturated heterocycles. The van der Waals surface area contributed by atoms with Gasteiger partial charge >= 0.3 is 5.97 Å². The summed E-state index contributed by atoms with van der Waals surface area (Å²) in [6.45, 7) is -0.214. The Balaban J connectivity index is 1.81. The van der Waals surface area contributed by atoms with Gasteiger partial charge in [0.15, 0.2) is 18.1 Å². The van der Waals surface area contributed by atoms with Gasteiger partial charge in [0.1, 0.15) is 5.82 Å². The second kappa shape index (κ2) is 10.1. The molecule has 1 aliphatic rings. The van der Waals surface area contributed by atoms with Crippen LogP contribution in [0.4, 0.5) is 9.18 Å². The highest BCUT2D eigenvalue weighted by atomic mass is 127. The largest absolute Gasteiger partial charge is 0.493 e. The number of thioether (sulfide) groups is 1. The van der Waals surface area contributed by atoms with Crippen molar-refractivity contribution in [2.45, 2.75) is 6.54 Å². The molecule has 0 unspecified atom stereocenters. The standard InChI is InChI=1S/C21H17FINO6S/c1-28-16-8-13(7-15(23)19(16)30-11-18(25)29-2)9-17-20(26)24(21(27)31-17)10-12-3-5-14(22)6-4-12/h3-9H,10-11H2,1-2H3/b17-9-. The minimum absolute atomic E-state index is 0.0590. The molecule has 7 nitrogen and oxygen atoms in total. The normalized spacial score (nSPS) is 14.8. The Bertz CT molecular complexity index is 1060. The molecule has 0 spiro atoms. The summed E-state index contributed by atoms with van der Waals surface area (Å²) in [6.07, 6.45) is 1.59. The fourth-order valence-corrected chi connectivity index (χ4v) is 4.33. The molecule has 1 aliphatic heterocycles. The van der Waals surface area contributed by atoms with Crippen molar-refractivity contribution in [2.75, 3.05) is 20.8 Å². The predicted octanol–water partition coefficient (Wildman–Crippen LogP) is 4.23. The Morgan fingerprint density at radius 3 is 2.55 bits per heavy atom. The topological polar surface area (TPSA) is 82.1 Å². The molecule has 0 radical (unpaired) electrons. The highest BCUT2D eigenvalue weighted by Gasteiger charge is 2.35. The van der Waals surface area contributed by atoms with Gasteiger partial charge in [0.2, 0.25) is 0 Å². The molecule has 1 fully saturated rings. The van der Waals surface area contributed by atoms with Crippen LogP contribution in [0.15, 0.2) is 41.3 Å². The summed E-state index contributed by atoms with van der Waals surface area (Å²) in [5.41, 5.74) is 1.27. The maximum atomic E-state index is 13.1. The van der Waals surface area contributed by atoms with Crippen LogP contribution in [-0.2, 0) is 20.9 Å². The quantitative estimate of drug-likeness (QED) is 0.287. The van der Waals surface area contributed by atoms with Crippen molar-refractivity contribution in [1.29, 1.82) is 0 Å². The Morgan fingerprint density at radius 1 is 1.19 bits per heavy atom. The third-order valence-electron chi connectivity index (χ3n) is 4.24. The van der Waals surface area contributed by atoms with Gasteiger partial charge in [0.25, 0.3) is 11.1 Å².